The number of fused-ring (bicyclic) bond motifs is 1. The van der Waals surface area contributed by atoms with Crippen LogP contribution >= 0.6 is 0 Å². The maximum atomic E-state index is 4.50. The van der Waals surface area contributed by atoms with E-state index in [1.165, 1.54) is 37.9 Å². The third-order valence-corrected chi connectivity index (χ3v) is 5.50. The van der Waals surface area contributed by atoms with E-state index in [1.54, 1.807) is 10.8 Å². The molecule has 0 saturated carbocycles. The third-order valence-electron chi connectivity index (χ3n) is 5.50. The summed E-state index contributed by atoms with van der Waals surface area (Å²) in [5.74, 6) is 0.797. The smallest absolute Gasteiger partial charge is 0.200 e. The molecule has 0 unspecified atom stereocenters. The molecule has 1 aliphatic rings. The van der Waals surface area contributed by atoms with Crippen LogP contribution in [0.5, 0.6) is 0 Å². The van der Waals surface area contributed by atoms with Gasteiger partial charge in [-0.3, -0.25) is 4.90 Å². The SMILES string of the molecule is CCc1cc(NCCC2CCN(Cc3ccccc3)CC2)c2nncn2n1. The van der Waals surface area contributed by atoms with E-state index in [2.05, 4.69) is 68.8 Å². The maximum Gasteiger partial charge on any atom is 0.200 e. The van der Waals surface area contributed by atoms with Gasteiger partial charge in [0.1, 0.15) is 6.33 Å². The molecule has 142 valence electrons. The second-order valence-corrected chi connectivity index (χ2v) is 7.42. The molecule has 6 heteroatoms. The maximum absolute atomic E-state index is 4.50. The highest BCUT2D eigenvalue weighted by Crippen LogP contribution is 2.23. The zero-order valence-corrected chi connectivity index (χ0v) is 16.0. The van der Waals surface area contributed by atoms with Crippen LogP contribution in [0.1, 0.15) is 37.4 Å². The molecule has 2 aromatic heterocycles. The minimum atomic E-state index is 0.797. The van der Waals surface area contributed by atoms with Crippen molar-refractivity contribution in [2.24, 2.45) is 5.92 Å². The first-order chi connectivity index (χ1) is 13.3. The van der Waals surface area contributed by atoms with Gasteiger partial charge in [0.05, 0.1) is 11.4 Å². The first-order valence-corrected chi connectivity index (χ1v) is 10.0. The summed E-state index contributed by atoms with van der Waals surface area (Å²) in [4.78, 5) is 2.58. The number of rotatable bonds is 7. The normalized spacial score (nSPS) is 16.0. The topological polar surface area (TPSA) is 58.3 Å². The monoisotopic (exact) mass is 364 g/mol. The Kier molecular flexibility index (Phi) is 5.63. The van der Waals surface area contributed by atoms with Gasteiger partial charge in [0, 0.05) is 13.1 Å². The van der Waals surface area contributed by atoms with E-state index in [4.69, 9.17) is 0 Å². The van der Waals surface area contributed by atoms with Crippen LogP contribution in [0, 0.1) is 5.92 Å². The number of nitrogens with zero attached hydrogens (tertiary/aromatic N) is 5. The van der Waals surface area contributed by atoms with Crippen molar-refractivity contribution in [1.82, 2.24) is 24.7 Å². The lowest BCUT2D eigenvalue weighted by atomic mass is 9.93. The highest BCUT2D eigenvalue weighted by molar-refractivity contribution is 5.66. The number of aromatic nitrogens is 4. The van der Waals surface area contributed by atoms with Crippen molar-refractivity contribution in [3.8, 4) is 0 Å². The quantitative estimate of drug-likeness (QED) is 0.696. The standard InChI is InChI=1S/C21H28N6/c1-2-19-14-20(21-24-23-16-27(21)25-19)22-11-8-17-9-12-26(13-10-17)15-18-6-4-3-5-7-18/h3-7,14,16-17,22H,2,8-13,15H2,1H3. The molecule has 0 bridgehead atoms. The van der Waals surface area contributed by atoms with Gasteiger partial charge in [0.25, 0.3) is 0 Å². The summed E-state index contributed by atoms with van der Waals surface area (Å²) in [6, 6.07) is 12.9. The van der Waals surface area contributed by atoms with E-state index in [-0.39, 0.29) is 0 Å². The molecule has 0 atom stereocenters. The van der Waals surface area contributed by atoms with Crippen molar-refractivity contribution >= 4 is 11.3 Å². The van der Waals surface area contributed by atoms with Crippen LogP contribution < -0.4 is 5.32 Å². The van der Waals surface area contributed by atoms with Gasteiger partial charge in [0.2, 0.25) is 5.65 Å². The molecule has 27 heavy (non-hydrogen) atoms. The van der Waals surface area contributed by atoms with Gasteiger partial charge in [-0.1, -0.05) is 37.3 Å². The van der Waals surface area contributed by atoms with Gasteiger partial charge in [-0.15, -0.1) is 10.2 Å². The summed E-state index contributed by atoms with van der Waals surface area (Å²) in [7, 11) is 0. The number of piperidine rings is 1. The molecule has 1 saturated heterocycles. The average molecular weight is 364 g/mol. The minimum Gasteiger partial charge on any atom is -0.382 e. The second-order valence-electron chi connectivity index (χ2n) is 7.42. The van der Waals surface area contributed by atoms with E-state index in [1.807, 2.05) is 0 Å². The van der Waals surface area contributed by atoms with Crippen molar-refractivity contribution in [1.29, 1.82) is 0 Å². The molecule has 6 nitrogen and oxygen atoms in total. The number of nitrogens with one attached hydrogen (secondary N) is 1. The number of aryl methyl sites for hydroxylation is 1. The van der Waals surface area contributed by atoms with Gasteiger partial charge >= 0.3 is 0 Å². The van der Waals surface area contributed by atoms with E-state index >= 15 is 0 Å². The molecular weight excluding hydrogens is 336 g/mol. The molecule has 1 aromatic carbocycles. The summed E-state index contributed by atoms with van der Waals surface area (Å²) in [6.45, 7) is 6.56. The first kappa shape index (κ1) is 17.9. The lowest BCUT2D eigenvalue weighted by Gasteiger charge is -2.32. The van der Waals surface area contributed by atoms with E-state index in [0.717, 1.165) is 42.5 Å². The number of anilines is 1. The van der Waals surface area contributed by atoms with Crippen LogP contribution in [0.25, 0.3) is 5.65 Å². The van der Waals surface area contributed by atoms with Crippen molar-refractivity contribution < 1.29 is 0 Å². The molecule has 0 radical (unpaired) electrons. The van der Waals surface area contributed by atoms with Crippen LogP contribution in [0.4, 0.5) is 5.69 Å². The van der Waals surface area contributed by atoms with Crippen molar-refractivity contribution in [3.05, 3.63) is 54.0 Å². The van der Waals surface area contributed by atoms with Crippen LogP contribution in [-0.2, 0) is 13.0 Å². The molecule has 3 aromatic rings. The Balaban J connectivity index is 1.25. The molecular formula is C21H28N6. The number of likely N-dealkylation sites (tertiary alicyclic amines) is 1. The highest BCUT2D eigenvalue weighted by atomic mass is 15.3. The fraction of sp³-hybridized carbons (Fsp3) is 0.476. The van der Waals surface area contributed by atoms with Crippen LogP contribution in [-0.4, -0.2) is 44.3 Å². The zero-order valence-electron chi connectivity index (χ0n) is 16.0. The van der Waals surface area contributed by atoms with Gasteiger partial charge in [-0.05, 0) is 56.3 Å². The molecule has 1 aliphatic heterocycles. The van der Waals surface area contributed by atoms with Crippen molar-refractivity contribution in [2.45, 2.75) is 39.2 Å². The fourth-order valence-electron chi connectivity index (χ4n) is 3.87. The number of benzene rings is 1. The Morgan fingerprint density at radius 3 is 2.74 bits per heavy atom. The highest BCUT2D eigenvalue weighted by Gasteiger charge is 2.19. The fourth-order valence-corrected chi connectivity index (χ4v) is 3.87. The molecule has 1 N–H and O–H groups in total. The molecule has 3 heterocycles. The van der Waals surface area contributed by atoms with Crippen LogP contribution in [0.3, 0.4) is 0 Å². The molecule has 1 fully saturated rings. The van der Waals surface area contributed by atoms with Gasteiger partial charge in [-0.2, -0.15) is 9.61 Å². The molecule has 0 aliphatic carbocycles. The first-order valence-electron chi connectivity index (χ1n) is 10.0. The number of hydrogen-bond acceptors (Lipinski definition) is 5. The predicted molar refractivity (Wildman–Crippen MR) is 108 cm³/mol. The summed E-state index contributed by atoms with van der Waals surface area (Å²) >= 11 is 0. The third kappa shape index (κ3) is 4.45. The predicted octanol–water partition coefficient (Wildman–Crippen LogP) is 3.40. The molecule has 4 rings (SSSR count). The Morgan fingerprint density at radius 2 is 1.96 bits per heavy atom. The Morgan fingerprint density at radius 1 is 1.15 bits per heavy atom. The van der Waals surface area contributed by atoms with Crippen LogP contribution in [0.2, 0.25) is 0 Å². The Hall–Kier alpha value is -2.47. The van der Waals surface area contributed by atoms with Crippen molar-refractivity contribution in [3.63, 3.8) is 0 Å². The summed E-state index contributed by atoms with van der Waals surface area (Å²) in [5.41, 5.74) is 4.32. The summed E-state index contributed by atoms with van der Waals surface area (Å²) in [5, 5.41) is 16.2. The van der Waals surface area contributed by atoms with Crippen LogP contribution in [0.15, 0.2) is 42.7 Å². The van der Waals surface area contributed by atoms with Gasteiger partial charge in [0.15, 0.2) is 0 Å². The average Bonchev–Trinajstić information content (AvgIpc) is 3.19. The lowest BCUT2D eigenvalue weighted by Crippen LogP contribution is -2.33. The second kappa shape index (κ2) is 8.48. The molecule has 0 spiro atoms. The van der Waals surface area contributed by atoms with Crippen molar-refractivity contribution in [2.75, 3.05) is 25.0 Å². The summed E-state index contributed by atoms with van der Waals surface area (Å²) < 4.78 is 1.77. The lowest BCUT2D eigenvalue weighted by molar-refractivity contribution is 0.174. The van der Waals surface area contributed by atoms with E-state index in [9.17, 15) is 0 Å². The van der Waals surface area contributed by atoms with Gasteiger partial charge in [-0.25, -0.2) is 0 Å². The number of hydrogen-bond donors (Lipinski definition) is 1. The van der Waals surface area contributed by atoms with E-state index < -0.39 is 0 Å². The van der Waals surface area contributed by atoms with Gasteiger partial charge < -0.3 is 5.32 Å². The molecule has 0 amide bonds. The van der Waals surface area contributed by atoms with E-state index in [0.29, 0.717) is 0 Å². The Bertz CT molecular complexity index is 851. The minimum absolute atomic E-state index is 0.797. The summed E-state index contributed by atoms with van der Waals surface area (Å²) in [6.07, 6.45) is 6.34. The Labute approximate surface area is 160 Å². The largest absolute Gasteiger partial charge is 0.382 e. The zero-order chi connectivity index (χ0) is 18.5.